The van der Waals surface area contributed by atoms with Crippen molar-refractivity contribution in [1.82, 2.24) is 4.98 Å². The van der Waals surface area contributed by atoms with Gasteiger partial charge in [-0.2, -0.15) is 0 Å². The summed E-state index contributed by atoms with van der Waals surface area (Å²) < 4.78 is 6.17. The largest absolute Gasteiger partial charge is 0.435 e. The molecule has 4 rings (SSSR count). The van der Waals surface area contributed by atoms with Crippen LogP contribution in [0, 0.1) is 0 Å². The SMILES string of the molecule is CC1=C(c2nc(-c3ccccc3)oc2-c2ccccc2)CCCC1=O. The second kappa shape index (κ2) is 6.52. The quantitative estimate of drug-likeness (QED) is 0.634. The molecule has 0 saturated carbocycles. The number of benzene rings is 2. The molecule has 1 aromatic heterocycles. The van der Waals surface area contributed by atoms with Crippen LogP contribution in [0.15, 0.2) is 70.7 Å². The summed E-state index contributed by atoms with van der Waals surface area (Å²) in [7, 11) is 0. The Morgan fingerprint density at radius 3 is 2.20 bits per heavy atom. The average molecular weight is 329 g/mol. The van der Waals surface area contributed by atoms with Gasteiger partial charge < -0.3 is 4.42 Å². The third-order valence-corrected chi connectivity index (χ3v) is 4.67. The van der Waals surface area contributed by atoms with E-state index >= 15 is 0 Å². The van der Waals surface area contributed by atoms with Gasteiger partial charge in [-0.1, -0.05) is 48.5 Å². The van der Waals surface area contributed by atoms with E-state index in [-0.39, 0.29) is 5.78 Å². The number of nitrogens with zero attached hydrogens (tertiary/aromatic N) is 1. The highest BCUT2D eigenvalue weighted by atomic mass is 16.4. The minimum atomic E-state index is 0.213. The molecular formula is C22H19NO2. The van der Waals surface area contributed by atoms with Crippen molar-refractivity contribution in [2.24, 2.45) is 0 Å². The molecule has 0 spiro atoms. The summed E-state index contributed by atoms with van der Waals surface area (Å²) in [5.74, 6) is 1.54. The third-order valence-electron chi connectivity index (χ3n) is 4.67. The molecule has 0 atom stereocenters. The Labute approximate surface area is 147 Å². The lowest BCUT2D eigenvalue weighted by molar-refractivity contribution is -0.115. The molecule has 25 heavy (non-hydrogen) atoms. The van der Waals surface area contributed by atoms with Gasteiger partial charge in [0.25, 0.3) is 0 Å². The lowest BCUT2D eigenvalue weighted by Crippen LogP contribution is -2.09. The van der Waals surface area contributed by atoms with E-state index < -0.39 is 0 Å². The highest BCUT2D eigenvalue weighted by Gasteiger charge is 2.25. The number of hydrogen-bond donors (Lipinski definition) is 0. The number of carbonyl (C=O) groups is 1. The van der Waals surface area contributed by atoms with Crippen molar-refractivity contribution in [1.29, 1.82) is 0 Å². The van der Waals surface area contributed by atoms with Crippen molar-refractivity contribution < 1.29 is 9.21 Å². The Balaban J connectivity index is 1.92. The Morgan fingerprint density at radius 2 is 1.52 bits per heavy atom. The summed E-state index contributed by atoms with van der Waals surface area (Å²) in [6.45, 7) is 1.91. The van der Waals surface area contributed by atoms with E-state index in [1.165, 1.54) is 0 Å². The van der Waals surface area contributed by atoms with Crippen molar-refractivity contribution in [3.05, 3.63) is 71.9 Å². The zero-order valence-electron chi connectivity index (χ0n) is 14.2. The zero-order chi connectivity index (χ0) is 17.2. The predicted molar refractivity (Wildman–Crippen MR) is 98.8 cm³/mol. The summed E-state index contributed by atoms with van der Waals surface area (Å²) in [4.78, 5) is 17.0. The molecule has 1 heterocycles. The maximum absolute atomic E-state index is 12.2. The van der Waals surface area contributed by atoms with Crippen LogP contribution < -0.4 is 0 Å². The number of hydrogen-bond acceptors (Lipinski definition) is 3. The molecule has 1 aliphatic carbocycles. The number of ketones is 1. The first-order chi connectivity index (χ1) is 12.2. The fourth-order valence-electron chi connectivity index (χ4n) is 3.28. The summed E-state index contributed by atoms with van der Waals surface area (Å²) in [5, 5.41) is 0. The van der Waals surface area contributed by atoms with E-state index in [4.69, 9.17) is 9.40 Å². The number of allylic oxidation sites excluding steroid dienone is 2. The molecule has 0 aliphatic heterocycles. The molecule has 0 saturated heterocycles. The highest BCUT2D eigenvalue weighted by Crippen LogP contribution is 2.38. The molecule has 124 valence electrons. The van der Waals surface area contributed by atoms with Gasteiger partial charge in [0.15, 0.2) is 11.5 Å². The van der Waals surface area contributed by atoms with Gasteiger partial charge in [0.1, 0.15) is 5.69 Å². The Kier molecular flexibility index (Phi) is 4.06. The van der Waals surface area contributed by atoms with Crippen molar-refractivity contribution in [2.75, 3.05) is 0 Å². The second-order valence-electron chi connectivity index (χ2n) is 6.31. The van der Waals surface area contributed by atoms with E-state index in [1.807, 2.05) is 67.6 Å². The summed E-state index contributed by atoms with van der Waals surface area (Å²) in [6, 6.07) is 19.8. The molecule has 1 aliphatic rings. The first-order valence-electron chi connectivity index (χ1n) is 8.59. The smallest absolute Gasteiger partial charge is 0.227 e. The summed E-state index contributed by atoms with van der Waals surface area (Å²) in [6.07, 6.45) is 2.35. The molecule has 3 nitrogen and oxygen atoms in total. The molecule has 0 unspecified atom stereocenters. The van der Waals surface area contributed by atoms with Crippen LogP contribution in [-0.2, 0) is 4.79 Å². The van der Waals surface area contributed by atoms with Crippen LogP contribution in [-0.4, -0.2) is 10.8 Å². The van der Waals surface area contributed by atoms with Gasteiger partial charge in [-0.25, -0.2) is 4.98 Å². The maximum atomic E-state index is 12.2. The van der Waals surface area contributed by atoms with Crippen molar-refractivity contribution in [2.45, 2.75) is 26.2 Å². The van der Waals surface area contributed by atoms with Crippen LogP contribution in [0.5, 0.6) is 0 Å². The fraction of sp³-hybridized carbons (Fsp3) is 0.182. The van der Waals surface area contributed by atoms with Gasteiger partial charge in [-0.15, -0.1) is 0 Å². The van der Waals surface area contributed by atoms with E-state index in [9.17, 15) is 4.79 Å². The molecular weight excluding hydrogens is 310 g/mol. The minimum Gasteiger partial charge on any atom is -0.435 e. The van der Waals surface area contributed by atoms with Crippen LogP contribution in [0.1, 0.15) is 31.9 Å². The van der Waals surface area contributed by atoms with Gasteiger partial charge in [-0.3, -0.25) is 4.79 Å². The number of rotatable bonds is 3. The van der Waals surface area contributed by atoms with Crippen LogP contribution in [0.2, 0.25) is 0 Å². The lowest BCUT2D eigenvalue weighted by Gasteiger charge is -2.15. The predicted octanol–water partition coefficient (Wildman–Crippen LogP) is 5.54. The van der Waals surface area contributed by atoms with Crippen LogP contribution in [0.4, 0.5) is 0 Å². The number of aromatic nitrogens is 1. The zero-order valence-corrected chi connectivity index (χ0v) is 14.2. The lowest BCUT2D eigenvalue weighted by atomic mass is 9.88. The molecule has 2 aromatic carbocycles. The van der Waals surface area contributed by atoms with E-state index in [0.717, 1.165) is 46.6 Å². The Morgan fingerprint density at radius 1 is 0.880 bits per heavy atom. The molecule has 0 radical (unpaired) electrons. The van der Waals surface area contributed by atoms with Crippen LogP contribution in [0.25, 0.3) is 28.4 Å². The summed E-state index contributed by atoms with van der Waals surface area (Å²) >= 11 is 0. The van der Waals surface area contributed by atoms with Gasteiger partial charge in [-0.05, 0) is 43.0 Å². The maximum Gasteiger partial charge on any atom is 0.227 e. The standard InChI is InChI=1S/C22H19NO2/c1-15-18(13-8-14-19(15)24)20-21(16-9-4-2-5-10-16)25-22(23-20)17-11-6-3-7-12-17/h2-7,9-12H,8,13-14H2,1H3. The van der Waals surface area contributed by atoms with E-state index in [0.29, 0.717) is 12.3 Å². The third kappa shape index (κ3) is 2.93. The molecule has 0 fully saturated rings. The van der Waals surface area contributed by atoms with Gasteiger partial charge in [0.05, 0.1) is 0 Å². The van der Waals surface area contributed by atoms with Gasteiger partial charge >= 0.3 is 0 Å². The molecule has 0 amide bonds. The van der Waals surface area contributed by atoms with E-state index in [1.54, 1.807) is 0 Å². The highest BCUT2D eigenvalue weighted by molar-refractivity contribution is 6.04. The average Bonchev–Trinajstić information content (AvgIpc) is 3.11. The molecule has 3 heteroatoms. The van der Waals surface area contributed by atoms with Crippen molar-refractivity contribution >= 4 is 11.4 Å². The molecule has 3 aromatic rings. The number of Topliss-reactive ketones (excluding diaryl/α,β-unsaturated/α-hetero) is 1. The Bertz CT molecular complexity index is 937. The first kappa shape index (κ1) is 15.6. The summed E-state index contributed by atoms with van der Waals surface area (Å²) in [5.41, 5.74) is 4.55. The van der Waals surface area contributed by atoms with Gasteiger partial charge in [0, 0.05) is 17.5 Å². The fourth-order valence-corrected chi connectivity index (χ4v) is 3.28. The molecule has 0 bridgehead atoms. The van der Waals surface area contributed by atoms with Crippen molar-refractivity contribution in [3.8, 4) is 22.8 Å². The van der Waals surface area contributed by atoms with Crippen molar-refractivity contribution in [3.63, 3.8) is 0 Å². The minimum absolute atomic E-state index is 0.213. The van der Waals surface area contributed by atoms with Crippen LogP contribution >= 0.6 is 0 Å². The number of carbonyl (C=O) groups excluding carboxylic acids is 1. The Hall–Kier alpha value is -2.94. The monoisotopic (exact) mass is 329 g/mol. The topological polar surface area (TPSA) is 43.1 Å². The first-order valence-corrected chi connectivity index (χ1v) is 8.59. The van der Waals surface area contributed by atoms with E-state index in [2.05, 4.69) is 0 Å². The van der Waals surface area contributed by atoms with Gasteiger partial charge in [0.2, 0.25) is 5.89 Å². The normalized spacial score (nSPS) is 14.8. The number of oxazole rings is 1. The second-order valence-corrected chi connectivity index (χ2v) is 6.31. The van der Waals surface area contributed by atoms with Crippen LogP contribution in [0.3, 0.4) is 0 Å². The molecule has 0 N–H and O–H groups in total.